The Bertz CT molecular complexity index is 159. The highest BCUT2D eigenvalue weighted by molar-refractivity contribution is 4.69. The van der Waals surface area contributed by atoms with E-state index in [0.29, 0.717) is 12.0 Å². The van der Waals surface area contributed by atoms with E-state index in [1.165, 1.54) is 70.6 Å². The SMILES string of the molecule is CCCCCCCCCCCC(NN)C(C)CC. The van der Waals surface area contributed by atoms with Gasteiger partial charge in [-0.1, -0.05) is 85.0 Å². The molecule has 0 radical (unpaired) electrons. The lowest BCUT2D eigenvalue weighted by Gasteiger charge is -2.21. The standard InChI is InChI=1S/C16H36N2/c1-4-6-7-8-9-10-11-12-13-14-16(18-17)15(3)5-2/h15-16,18H,4-14,17H2,1-3H3. The van der Waals surface area contributed by atoms with Crippen molar-refractivity contribution in [3.63, 3.8) is 0 Å². The molecule has 0 fully saturated rings. The first-order valence-electron chi connectivity index (χ1n) is 8.22. The molecular weight excluding hydrogens is 220 g/mol. The summed E-state index contributed by atoms with van der Waals surface area (Å²) in [6, 6.07) is 0.513. The van der Waals surface area contributed by atoms with Crippen molar-refractivity contribution in [2.24, 2.45) is 11.8 Å². The Labute approximate surface area is 115 Å². The lowest BCUT2D eigenvalue weighted by Crippen LogP contribution is -2.39. The number of nitrogens with two attached hydrogens (primary N) is 1. The molecule has 2 heteroatoms. The van der Waals surface area contributed by atoms with Crippen LogP contribution in [0.3, 0.4) is 0 Å². The minimum atomic E-state index is 0.513. The summed E-state index contributed by atoms with van der Waals surface area (Å²) in [5.41, 5.74) is 2.98. The first kappa shape index (κ1) is 17.9. The molecule has 0 spiro atoms. The Balaban J connectivity index is 3.28. The number of rotatable bonds is 13. The minimum absolute atomic E-state index is 0.513. The van der Waals surface area contributed by atoms with E-state index in [-0.39, 0.29) is 0 Å². The van der Waals surface area contributed by atoms with Crippen LogP contribution in [0.2, 0.25) is 0 Å². The van der Waals surface area contributed by atoms with Crippen molar-refractivity contribution in [2.45, 2.75) is 97.4 Å². The normalized spacial score (nSPS) is 14.7. The summed E-state index contributed by atoms with van der Waals surface area (Å²) in [6.07, 6.45) is 15.1. The average molecular weight is 256 g/mol. The van der Waals surface area contributed by atoms with Gasteiger partial charge in [-0.2, -0.15) is 0 Å². The molecule has 0 saturated carbocycles. The fourth-order valence-corrected chi connectivity index (χ4v) is 2.49. The Hall–Kier alpha value is -0.0800. The van der Waals surface area contributed by atoms with Gasteiger partial charge in [-0.3, -0.25) is 11.3 Å². The second-order valence-corrected chi connectivity index (χ2v) is 5.78. The zero-order chi connectivity index (χ0) is 13.6. The van der Waals surface area contributed by atoms with Crippen LogP contribution < -0.4 is 11.3 Å². The molecule has 0 rings (SSSR count). The Morgan fingerprint density at radius 2 is 1.33 bits per heavy atom. The van der Waals surface area contributed by atoms with Gasteiger partial charge in [-0.05, 0) is 12.3 Å². The second kappa shape index (κ2) is 13.4. The van der Waals surface area contributed by atoms with Crippen LogP contribution in [0.5, 0.6) is 0 Å². The van der Waals surface area contributed by atoms with E-state index in [1.807, 2.05) is 0 Å². The highest BCUT2D eigenvalue weighted by Gasteiger charge is 2.12. The monoisotopic (exact) mass is 256 g/mol. The van der Waals surface area contributed by atoms with Crippen LogP contribution in [0, 0.1) is 5.92 Å². The van der Waals surface area contributed by atoms with E-state index in [1.54, 1.807) is 0 Å². The summed E-state index contributed by atoms with van der Waals surface area (Å²) in [5.74, 6) is 6.31. The van der Waals surface area contributed by atoms with E-state index < -0.39 is 0 Å². The van der Waals surface area contributed by atoms with Gasteiger partial charge in [-0.25, -0.2) is 0 Å². The smallest absolute Gasteiger partial charge is 0.0236 e. The van der Waals surface area contributed by atoms with Crippen molar-refractivity contribution in [1.29, 1.82) is 0 Å². The summed E-state index contributed by atoms with van der Waals surface area (Å²) in [4.78, 5) is 0. The van der Waals surface area contributed by atoms with Gasteiger partial charge in [0.15, 0.2) is 0 Å². The van der Waals surface area contributed by atoms with Crippen molar-refractivity contribution in [2.75, 3.05) is 0 Å². The van der Waals surface area contributed by atoms with Gasteiger partial charge in [0.05, 0.1) is 0 Å². The van der Waals surface area contributed by atoms with Gasteiger partial charge in [-0.15, -0.1) is 0 Å². The molecule has 0 amide bonds. The highest BCUT2D eigenvalue weighted by Crippen LogP contribution is 2.15. The maximum Gasteiger partial charge on any atom is 0.0236 e. The maximum absolute atomic E-state index is 5.61. The van der Waals surface area contributed by atoms with Crippen molar-refractivity contribution >= 4 is 0 Å². The zero-order valence-electron chi connectivity index (χ0n) is 13.0. The topological polar surface area (TPSA) is 38.0 Å². The van der Waals surface area contributed by atoms with Gasteiger partial charge < -0.3 is 0 Å². The highest BCUT2D eigenvalue weighted by atomic mass is 15.2. The van der Waals surface area contributed by atoms with E-state index in [9.17, 15) is 0 Å². The molecule has 0 aliphatic rings. The van der Waals surface area contributed by atoms with Crippen molar-refractivity contribution < 1.29 is 0 Å². The van der Waals surface area contributed by atoms with Crippen LogP contribution in [0.4, 0.5) is 0 Å². The Kier molecular flexibility index (Phi) is 13.3. The molecule has 0 aliphatic carbocycles. The molecule has 3 N–H and O–H groups in total. The van der Waals surface area contributed by atoms with Crippen LogP contribution >= 0.6 is 0 Å². The maximum atomic E-state index is 5.61. The first-order chi connectivity index (χ1) is 8.76. The predicted molar refractivity (Wildman–Crippen MR) is 82.4 cm³/mol. The summed E-state index contributed by atoms with van der Waals surface area (Å²) in [5, 5.41) is 0. The van der Waals surface area contributed by atoms with Crippen LogP contribution in [-0.2, 0) is 0 Å². The fraction of sp³-hybridized carbons (Fsp3) is 1.00. The van der Waals surface area contributed by atoms with Gasteiger partial charge in [0.1, 0.15) is 0 Å². The third kappa shape index (κ3) is 9.90. The van der Waals surface area contributed by atoms with E-state index in [4.69, 9.17) is 5.84 Å². The molecule has 2 unspecified atom stereocenters. The molecule has 0 bridgehead atoms. The van der Waals surface area contributed by atoms with Crippen LogP contribution in [0.15, 0.2) is 0 Å². The quantitative estimate of drug-likeness (QED) is 0.282. The van der Waals surface area contributed by atoms with Gasteiger partial charge in [0.25, 0.3) is 0 Å². The van der Waals surface area contributed by atoms with E-state index >= 15 is 0 Å². The molecule has 0 aromatic heterocycles. The number of nitrogens with one attached hydrogen (secondary N) is 1. The van der Waals surface area contributed by atoms with Crippen molar-refractivity contribution in [1.82, 2.24) is 5.43 Å². The van der Waals surface area contributed by atoms with Gasteiger partial charge in [0.2, 0.25) is 0 Å². The molecule has 0 saturated heterocycles. The van der Waals surface area contributed by atoms with E-state index in [0.717, 1.165) is 0 Å². The molecule has 2 atom stereocenters. The first-order valence-corrected chi connectivity index (χ1v) is 8.22. The largest absolute Gasteiger partial charge is 0.271 e. The number of hydrogen-bond acceptors (Lipinski definition) is 2. The number of hydrogen-bond donors (Lipinski definition) is 2. The summed E-state index contributed by atoms with van der Waals surface area (Å²) in [6.45, 7) is 6.81. The second-order valence-electron chi connectivity index (χ2n) is 5.78. The molecule has 0 aliphatic heterocycles. The summed E-state index contributed by atoms with van der Waals surface area (Å²) < 4.78 is 0. The molecule has 0 aromatic rings. The lowest BCUT2D eigenvalue weighted by atomic mass is 9.94. The summed E-state index contributed by atoms with van der Waals surface area (Å²) >= 11 is 0. The molecule has 0 heterocycles. The van der Waals surface area contributed by atoms with Crippen LogP contribution in [0.25, 0.3) is 0 Å². The number of unbranched alkanes of at least 4 members (excludes halogenated alkanes) is 8. The minimum Gasteiger partial charge on any atom is -0.271 e. The van der Waals surface area contributed by atoms with Crippen LogP contribution in [0.1, 0.15) is 91.4 Å². The molecule has 2 nitrogen and oxygen atoms in total. The third-order valence-electron chi connectivity index (χ3n) is 4.16. The third-order valence-corrected chi connectivity index (χ3v) is 4.16. The number of hydrazine groups is 1. The molecule has 0 aromatic carbocycles. The molecular formula is C16H36N2. The average Bonchev–Trinajstić information content (AvgIpc) is 2.40. The summed E-state index contributed by atoms with van der Waals surface area (Å²) in [7, 11) is 0. The van der Waals surface area contributed by atoms with E-state index in [2.05, 4.69) is 26.2 Å². The van der Waals surface area contributed by atoms with Gasteiger partial charge in [0, 0.05) is 6.04 Å². The van der Waals surface area contributed by atoms with Gasteiger partial charge >= 0.3 is 0 Å². The fourth-order valence-electron chi connectivity index (χ4n) is 2.49. The lowest BCUT2D eigenvalue weighted by molar-refractivity contribution is 0.341. The Morgan fingerprint density at radius 3 is 1.78 bits per heavy atom. The molecule has 18 heavy (non-hydrogen) atoms. The van der Waals surface area contributed by atoms with Crippen molar-refractivity contribution in [3.8, 4) is 0 Å². The van der Waals surface area contributed by atoms with Crippen LogP contribution in [-0.4, -0.2) is 6.04 Å². The Morgan fingerprint density at radius 1 is 0.833 bits per heavy atom. The zero-order valence-corrected chi connectivity index (χ0v) is 13.0. The van der Waals surface area contributed by atoms with Crippen molar-refractivity contribution in [3.05, 3.63) is 0 Å². The predicted octanol–water partition coefficient (Wildman–Crippen LogP) is 4.79. The molecule has 110 valence electrons.